The van der Waals surface area contributed by atoms with E-state index < -0.39 is 0 Å². The second-order valence-corrected chi connectivity index (χ2v) is 1.85. The molecule has 1 nitrogen and oxygen atoms in total. The standard InChI is InChI=1S/C7H14O/c1-3-5-7(8)6-4-2/h5,8H,3-4,6H2,1-2H3/b7-5-. The van der Waals surface area contributed by atoms with Crippen molar-refractivity contribution >= 4 is 0 Å². The average Bonchev–Trinajstić information content (AvgIpc) is 1.68. The lowest BCUT2D eigenvalue weighted by Crippen LogP contribution is -1.77. The van der Waals surface area contributed by atoms with E-state index in [1.54, 1.807) is 0 Å². The van der Waals surface area contributed by atoms with E-state index in [4.69, 9.17) is 5.11 Å². The normalized spacial score (nSPS) is 12.0. The molecule has 0 amide bonds. The van der Waals surface area contributed by atoms with Gasteiger partial charge >= 0.3 is 0 Å². The van der Waals surface area contributed by atoms with Gasteiger partial charge in [-0.2, -0.15) is 0 Å². The third kappa shape index (κ3) is 3.72. The van der Waals surface area contributed by atoms with Crippen LogP contribution in [0, 0.1) is 0 Å². The fraction of sp³-hybridized carbons (Fsp3) is 0.714. The Labute approximate surface area is 51.0 Å². The molecule has 0 aliphatic heterocycles. The van der Waals surface area contributed by atoms with Crippen LogP contribution < -0.4 is 0 Å². The zero-order valence-corrected chi connectivity index (χ0v) is 5.65. The molecule has 0 atom stereocenters. The van der Waals surface area contributed by atoms with Gasteiger partial charge in [0.2, 0.25) is 0 Å². The van der Waals surface area contributed by atoms with Gasteiger partial charge in [-0.05, 0) is 18.9 Å². The minimum absolute atomic E-state index is 0.537. The summed E-state index contributed by atoms with van der Waals surface area (Å²) in [6.07, 6.45) is 4.64. The smallest absolute Gasteiger partial charge is 0.0882 e. The molecule has 1 N–H and O–H groups in total. The third-order valence-electron chi connectivity index (χ3n) is 0.946. The zero-order valence-electron chi connectivity index (χ0n) is 5.65. The zero-order chi connectivity index (χ0) is 6.41. The Hall–Kier alpha value is -0.460. The fourth-order valence-electron chi connectivity index (χ4n) is 0.594. The number of hydrogen-bond acceptors (Lipinski definition) is 1. The summed E-state index contributed by atoms with van der Waals surface area (Å²) in [5.74, 6) is 0.537. The SMILES string of the molecule is CC/C=C(\O)CCC. The van der Waals surface area contributed by atoms with Crippen molar-refractivity contribution in [1.82, 2.24) is 0 Å². The predicted octanol–water partition coefficient (Wildman–Crippen LogP) is 2.64. The van der Waals surface area contributed by atoms with Gasteiger partial charge in [-0.1, -0.05) is 13.8 Å². The maximum atomic E-state index is 8.91. The van der Waals surface area contributed by atoms with Gasteiger partial charge in [-0.3, -0.25) is 0 Å². The Bertz CT molecular complexity index is 74.5. The second kappa shape index (κ2) is 4.69. The number of allylic oxidation sites excluding steroid dienone is 2. The fourth-order valence-corrected chi connectivity index (χ4v) is 0.594. The topological polar surface area (TPSA) is 20.2 Å². The number of rotatable bonds is 3. The lowest BCUT2D eigenvalue weighted by molar-refractivity contribution is 0.384. The maximum Gasteiger partial charge on any atom is 0.0882 e. The Morgan fingerprint density at radius 2 is 2.12 bits per heavy atom. The molecular weight excluding hydrogens is 100 g/mol. The molecule has 48 valence electrons. The highest BCUT2D eigenvalue weighted by molar-refractivity contribution is 4.88. The van der Waals surface area contributed by atoms with Crippen LogP contribution in [0.15, 0.2) is 11.8 Å². The van der Waals surface area contributed by atoms with E-state index in [2.05, 4.69) is 6.92 Å². The molecule has 0 aliphatic rings. The highest BCUT2D eigenvalue weighted by Crippen LogP contribution is 1.99. The molecular formula is C7H14O. The van der Waals surface area contributed by atoms with Gasteiger partial charge in [0, 0.05) is 6.42 Å². The van der Waals surface area contributed by atoms with Crippen LogP contribution in [0.4, 0.5) is 0 Å². The summed E-state index contributed by atoms with van der Waals surface area (Å²) in [5.41, 5.74) is 0. The van der Waals surface area contributed by atoms with Crippen LogP contribution >= 0.6 is 0 Å². The summed E-state index contributed by atoms with van der Waals surface area (Å²) in [5, 5.41) is 8.91. The monoisotopic (exact) mass is 114 g/mol. The van der Waals surface area contributed by atoms with Gasteiger partial charge < -0.3 is 5.11 Å². The van der Waals surface area contributed by atoms with Gasteiger partial charge in [0.15, 0.2) is 0 Å². The lowest BCUT2D eigenvalue weighted by Gasteiger charge is -1.92. The Morgan fingerprint density at radius 1 is 1.50 bits per heavy atom. The van der Waals surface area contributed by atoms with E-state index in [9.17, 15) is 0 Å². The lowest BCUT2D eigenvalue weighted by atomic mass is 10.2. The van der Waals surface area contributed by atoms with E-state index >= 15 is 0 Å². The molecule has 0 fully saturated rings. The molecule has 0 aromatic heterocycles. The Morgan fingerprint density at radius 3 is 2.50 bits per heavy atom. The molecule has 0 saturated carbocycles. The van der Waals surface area contributed by atoms with Gasteiger partial charge in [0.25, 0.3) is 0 Å². The molecule has 0 rings (SSSR count). The van der Waals surface area contributed by atoms with Crippen molar-refractivity contribution in [3.63, 3.8) is 0 Å². The molecule has 0 radical (unpaired) electrons. The van der Waals surface area contributed by atoms with E-state index in [1.807, 2.05) is 13.0 Å². The summed E-state index contributed by atoms with van der Waals surface area (Å²) >= 11 is 0. The van der Waals surface area contributed by atoms with Gasteiger partial charge in [0.1, 0.15) is 0 Å². The van der Waals surface area contributed by atoms with Crippen LogP contribution in [-0.2, 0) is 0 Å². The van der Waals surface area contributed by atoms with Crippen LogP contribution in [0.2, 0.25) is 0 Å². The minimum atomic E-state index is 0.537. The maximum absolute atomic E-state index is 8.91. The Balaban J connectivity index is 3.29. The molecule has 8 heavy (non-hydrogen) atoms. The van der Waals surface area contributed by atoms with Crippen molar-refractivity contribution in [2.24, 2.45) is 0 Å². The highest BCUT2D eigenvalue weighted by Gasteiger charge is 1.85. The van der Waals surface area contributed by atoms with Crippen molar-refractivity contribution < 1.29 is 5.11 Å². The number of aliphatic hydroxyl groups is 1. The quantitative estimate of drug-likeness (QED) is 0.559. The van der Waals surface area contributed by atoms with Gasteiger partial charge in [-0.15, -0.1) is 0 Å². The first kappa shape index (κ1) is 7.54. The molecule has 0 heterocycles. The van der Waals surface area contributed by atoms with Gasteiger partial charge in [-0.25, -0.2) is 0 Å². The molecule has 0 aromatic carbocycles. The van der Waals surface area contributed by atoms with Crippen LogP contribution in [0.25, 0.3) is 0 Å². The number of hydrogen-bond donors (Lipinski definition) is 1. The van der Waals surface area contributed by atoms with Gasteiger partial charge in [0.05, 0.1) is 5.76 Å². The van der Waals surface area contributed by atoms with Crippen molar-refractivity contribution in [1.29, 1.82) is 0 Å². The van der Waals surface area contributed by atoms with Crippen LogP contribution in [-0.4, -0.2) is 5.11 Å². The van der Waals surface area contributed by atoms with E-state index in [0.29, 0.717) is 5.76 Å². The third-order valence-corrected chi connectivity index (χ3v) is 0.946. The first-order valence-electron chi connectivity index (χ1n) is 3.19. The first-order chi connectivity index (χ1) is 3.81. The summed E-state index contributed by atoms with van der Waals surface area (Å²) in [7, 11) is 0. The first-order valence-corrected chi connectivity index (χ1v) is 3.19. The largest absolute Gasteiger partial charge is 0.513 e. The van der Waals surface area contributed by atoms with Crippen molar-refractivity contribution in [2.75, 3.05) is 0 Å². The summed E-state index contributed by atoms with van der Waals surface area (Å²) < 4.78 is 0. The van der Waals surface area contributed by atoms with Crippen LogP contribution in [0.3, 0.4) is 0 Å². The molecule has 0 unspecified atom stereocenters. The minimum Gasteiger partial charge on any atom is -0.513 e. The van der Waals surface area contributed by atoms with Crippen molar-refractivity contribution in [2.45, 2.75) is 33.1 Å². The number of aliphatic hydroxyl groups excluding tert-OH is 1. The molecule has 0 aromatic rings. The molecule has 0 saturated heterocycles. The summed E-state index contributed by atoms with van der Waals surface area (Å²) in [6.45, 7) is 4.07. The highest BCUT2D eigenvalue weighted by atomic mass is 16.3. The van der Waals surface area contributed by atoms with Crippen molar-refractivity contribution in [3.8, 4) is 0 Å². The second-order valence-electron chi connectivity index (χ2n) is 1.85. The molecule has 0 aliphatic carbocycles. The van der Waals surface area contributed by atoms with E-state index in [0.717, 1.165) is 19.3 Å². The van der Waals surface area contributed by atoms with E-state index in [-0.39, 0.29) is 0 Å². The summed E-state index contributed by atoms with van der Waals surface area (Å²) in [6, 6.07) is 0. The van der Waals surface area contributed by atoms with Crippen molar-refractivity contribution in [3.05, 3.63) is 11.8 Å². The Kier molecular flexibility index (Phi) is 4.42. The van der Waals surface area contributed by atoms with Crippen LogP contribution in [0.5, 0.6) is 0 Å². The van der Waals surface area contributed by atoms with E-state index in [1.165, 1.54) is 0 Å². The molecule has 1 heteroatoms. The predicted molar refractivity (Wildman–Crippen MR) is 35.9 cm³/mol. The molecule has 0 spiro atoms. The average molecular weight is 114 g/mol. The van der Waals surface area contributed by atoms with Crippen LogP contribution in [0.1, 0.15) is 33.1 Å². The summed E-state index contributed by atoms with van der Waals surface area (Å²) in [4.78, 5) is 0. The molecule has 0 bridgehead atoms.